The molecule has 0 radical (unpaired) electrons. The minimum atomic E-state index is 0.359. The SMILES string of the molecule is COc1cc(-c2nc(C)cc(CN)n2)cc(Cl)c1OC. The highest BCUT2D eigenvalue weighted by atomic mass is 35.5. The van der Waals surface area contributed by atoms with Gasteiger partial charge in [-0.25, -0.2) is 9.97 Å². The fourth-order valence-electron chi connectivity index (χ4n) is 1.91. The second-order valence-corrected chi connectivity index (χ2v) is 4.63. The lowest BCUT2D eigenvalue weighted by atomic mass is 10.1. The van der Waals surface area contributed by atoms with Gasteiger partial charge in [0.15, 0.2) is 17.3 Å². The number of nitrogens with zero attached hydrogens (tertiary/aromatic N) is 2. The Morgan fingerprint density at radius 3 is 2.50 bits per heavy atom. The van der Waals surface area contributed by atoms with E-state index in [1.54, 1.807) is 26.4 Å². The molecule has 20 heavy (non-hydrogen) atoms. The van der Waals surface area contributed by atoms with Crippen molar-refractivity contribution in [3.63, 3.8) is 0 Å². The van der Waals surface area contributed by atoms with Crippen molar-refractivity contribution in [3.8, 4) is 22.9 Å². The van der Waals surface area contributed by atoms with Crippen LogP contribution in [0.5, 0.6) is 11.5 Å². The molecule has 2 aromatic rings. The standard InChI is InChI=1S/C14H16ClN3O2/c1-8-4-10(7-16)18-14(17-8)9-5-11(15)13(20-3)12(6-9)19-2/h4-6H,7,16H2,1-3H3. The first-order chi connectivity index (χ1) is 9.58. The van der Waals surface area contributed by atoms with Crippen LogP contribution in [0.2, 0.25) is 5.02 Å². The largest absolute Gasteiger partial charge is 0.493 e. The number of hydrogen-bond acceptors (Lipinski definition) is 5. The summed E-state index contributed by atoms with van der Waals surface area (Å²) in [5, 5.41) is 0.446. The molecule has 106 valence electrons. The van der Waals surface area contributed by atoms with Crippen molar-refractivity contribution >= 4 is 11.6 Å². The van der Waals surface area contributed by atoms with Crippen LogP contribution >= 0.6 is 11.6 Å². The lowest BCUT2D eigenvalue weighted by Gasteiger charge is -2.12. The smallest absolute Gasteiger partial charge is 0.179 e. The number of rotatable bonds is 4. The second-order valence-electron chi connectivity index (χ2n) is 4.22. The Bertz CT molecular complexity index is 632. The molecule has 2 N–H and O–H groups in total. The molecule has 1 aromatic carbocycles. The molecule has 0 saturated carbocycles. The van der Waals surface area contributed by atoms with Gasteiger partial charge in [-0.05, 0) is 25.1 Å². The molecule has 2 rings (SSSR count). The molecule has 0 aliphatic carbocycles. The van der Waals surface area contributed by atoms with Crippen LogP contribution in [-0.4, -0.2) is 24.2 Å². The molecule has 0 aliphatic rings. The maximum absolute atomic E-state index is 6.19. The lowest BCUT2D eigenvalue weighted by molar-refractivity contribution is 0.355. The van der Waals surface area contributed by atoms with Crippen LogP contribution in [0.25, 0.3) is 11.4 Å². The average molecular weight is 294 g/mol. The molecule has 1 aromatic heterocycles. The van der Waals surface area contributed by atoms with E-state index in [-0.39, 0.29) is 0 Å². The monoisotopic (exact) mass is 293 g/mol. The van der Waals surface area contributed by atoms with Crippen LogP contribution < -0.4 is 15.2 Å². The topological polar surface area (TPSA) is 70.3 Å². The summed E-state index contributed by atoms with van der Waals surface area (Å²) in [6.45, 7) is 2.25. The van der Waals surface area contributed by atoms with Crippen molar-refractivity contribution in [2.24, 2.45) is 5.73 Å². The van der Waals surface area contributed by atoms with Gasteiger partial charge >= 0.3 is 0 Å². The summed E-state index contributed by atoms with van der Waals surface area (Å²) in [5.74, 6) is 1.59. The van der Waals surface area contributed by atoms with Crippen LogP contribution in [-0.2, 0) is 6.54 Å². The van der Waals surface area contributed by atoms with Gasteiger partial charge in [-0.1, -0.05) is 11.6 Å². The predicted octanol–water partition coefficient (Wildman–Crippen LogP) is 2.58. The molecular weight excluding hydrogens is 278 g/mol. The fraction of sp³-hybridized carbons (Fsp3) is 0.286. The van der Waals surface area contributed by atoms with Gasteiger partial charge in [0.1, 0.15) is 0 Å². The molecule has 0 amide bonds. The lowest BCUT2D eigenvalue weighted by Crippen LogP contribution is -2.03. The van der Waals surface area contributed by atoms with E-state index in [0.717, 1.165) is 17.0 Å². The number of ether oxygens (including phenoxy) is 2. The van der Waals surface area contributed by atoms with Gasteiger partial charge in [-0.3, -0.25) is 0 Å². The number of benzene rings is 1. The zero-order valence-corrected chi connectivity index (χ0v) is 12.4. The summed E-state index contributed by atoms with van der Waals surface area (Å²) in [4.78, 5) is 8.81. The molecule has 0 fully saturated rings. The van der Waals surface area contributed by atoms with Gasteiger partial charge in [0.2, 0.25) is 0 Å². The normalized spacial score (nSPS) is 10.4. The number of aromatic nitrogens is 2. The van der Waals surface area contributed by atoms with Crippen molar-refractivity contribution in [1.29, 1.82) is 0 Å². The molecule has 6 heteroatoms. The number of halogens is 1. The quantitative estimate of drug-likeness (QED) is 0.938. The predicted molar refractivity (Wildman–Crippen MR) is 78.2 cm³/mol. The van der Waals surface area contributed by atoms with E-state index in [2.05, 4.69) is 9.97 Å². The summed E-state index contributed by atoms with van der Waals surface area (Å²) in [5.41, 5.74) is 8.02. The Morgan fingerprint density at radius 2 is 1.90 bits per heavy atom. The van der Waals surface area contributed by atoms with Crippen LogP contribution in [0.15, 0.2) is 18.2 Å². The summed E-state index contributed by atoms with van der Waals surface area (Å²) in [6.07, 6.45) is 0. The third-order valence-electron chi connectivity index (χ3n) is 2.81. The number of aryl methyl sites for hydroxylation is 1. The second kappa shape index (κ2) is 6.07. The zero-order chi connectivity index (χ0) is 14.7. The van der Waals surface area contributed by atoms with E-state index in [0.29, 0.717) is 28.9 Å². The van der Waals surface area contributed by atoms with Crippen molar-refractivity contribution in [2.45, 2.75) is 13.5 Å². The van der Waals surface area contributed by atoms with E-state index in [4.69, 9.17) is 26.8 Å². The Labute approximate surface area is 122 Å². The third kappa shape index (κ3) is 2.84. The average Bonchev–Trinajstić information content (AvgIpc) is 2.45. The summed E-state index contributed by atoms with van der Waals surface area (Å²) in [6, 6.07) is 5.39. The minimum absolute atomic E-state index is 0.359. The van der Waals surface area contributed by atoms with E-state index in [1.165, 1.54) is 0 Å². The van der Waals surface area contributed by atoms with Crippen molar-refractivity contribution in [2.75, 3.05) is 14.2 Å². The van der Waals surface area contributed by atoms with E-state index in [9.17, 15) is 0 Å². The number of hydrogen-bond donors (Lipinski definition) is 1. The van der Waals surface area contributed by atoms with Crippen LogP contribution in [0.4, 0.5) is 0 Å². The highest BCUT2D eigenvalue weighted by Crippen LogP contribution is 2.38. The molecule has 0 saturated heterocycles. The molecule has 5 nitrogen and oxygen atoms in total. The van der Waals surface area contributed by atoms with Crippen LogP contribution in [0.3, 0.4) is 0 Å². The Kier molecular flexibility index (Phi) is 4.42. The van der Waals surface area contributed by atoms with Gasteiger partial charge in [0, 0.05) is 17.8 Å². The highest BCUT2D eigenvalue weighted by molar-refractivity contribution is 6.32. The number of nitrogens with two attached hydrogens (primary N) is 1. The van der Waals surface area contributed by atoms with Gasteiger partial charge in [-0.2, -0.15) is 0 Å². The van der Waals surface area contributed by atoms with Crippen molar-refractivity contribution in [3.05, 3.63) is 34.6 Å². The van der Waals surface area contributed by atoms with E-state index >= 15 is 0 Å². The summed E-state index contributed by atoms with van der Waals surface area (Å²) >= 11 is 6.19. The van der Waals surface area contributed by atoms with Gasteiger partial charge < -0.3 is 15.2 Å². The first-order valence-electron chi connectivity index (χ1n) is 6.05. The van der Waals surface area contributed by atoms with Crippen LogP contribution in [0.1, 0.15) is 11.4 Å². The van der Waals surface area contributed by atoms with Gasteiger partial charge in [-0.15, -0.1) is 0 Å². The maximum Gasteiger partial charge on any atom is 0.179 e. The fourth-order valence-corrected chi connectivity index (χ4v) is 2.20. The molecule has 1 heterocycles. The highest BCUT2D eigenvalue weighted by Gasteiger charge is 2.14. The van der Waals surface area contributed by atoms with Crippen molar-refractivity contribution < 1.29 is 9.47 Å². The Balaban J connectivity index is 2.58. The maximum atomic E-state index is 6.19. The molecule has 0 unspecified atom stereocenters. The molecule has 0 aliphatic heterocycles. The first kappa shape index (κ1) is 14.6. The van der Waals surface area contributed by atoms with Gasteiger partial charge in [0.05, 0.1) is 24.9 Å². The first-order valence-corrected chi connectivity index (χ1v) is 6.43. The van der Waals surface area contributed by atoms with E-state index in [1.807, 2.05) is 13.0 Å². The molecule has 0 atom stereocenters. The third-order valence-corrected chi connectivity index (χ3v) is 3.09. The van der Waals surface area contributed by atoms with Crippen molar-refractivity contribution in [1.82, 2.24) is 9.97 Å². The van der Waals surface area contributed by atoms with E-state index < -0.39 is 0 Å². The Morgan fingerprint density at radius 1 is 1.15 bits per heavy atom. The summed E-state index contributed by atoms with van der Waals surface area (Å²) in [7, 11) is 3.10. The number of methoxy groups -OCH3 is 2. The molecular formula is C14H16ClN3O2. The summed E-state index contributed by atoms with van der Waals surface area (Å²) < 4.78 is 10.5. The molecule has 0 spiro atoms. The zero-order valence-electron chi connectivity index (χ0n) is 11.6. The minimum Gasteiger partial charge on any atom is -0.493 e. The Hall–Kier alpha value is -1.85. The molecule has 0 bridgehead atoms. The van der Waals surface area contributed by atoms with Gasteiger partial charge in [0.25, 0.3) is 0 Å². The van der Waals surface area contributed by atoms with Crippen LogP contribution in [0, 0.1) is 6.92 Å².